The lowest BCUT2D eigenvalue weighted by Crippen LogP contribution is -2.59. The summed E-state index contributed by atoms with van der Waals surface area (Å²) in [6.07, 6.45) is 13.3. The largest absolute Gasteiger partial charge is 0.508 e. The van der Waals surface area contributed by atoms with E-state index < -0.39 is 0 Å². The minimum Gasteiger partial charge on any atom is -0.508 e. The summed E-state index contributed by atoms with van der Waals surface area (Å²) in [5.74, 6) is 11.7. The van der Waals surface area contributed by atoms with E-state index in [0.29, 0.717) is 5.75 Å². The number of ether oxygens (including phenoxy) is 6. The van der Waals surface area contributed by atoms with Crippen LogP contribution in [0, 0.1) is 23.7 Å². The van der Waals surface area contributed by atoms with Crippen molar-refractivity contribution in [3.63, 3.8) is 0 Å². The molecule has 0 atom stereocenters. The fourth-order valence-corrected chi connectivity index (χ4v) is 36.8. The zero-order valence-corrected chi connectivity index (χ0v) is 89.6. The van der Waals surface area contributed by atoms with E-state index in [4.69, 9.17) is 28.4 Å². The molecule has 8 nitrogen and oxygen atoms in total. The summed E-state index contributed by atoms with van der Waals surface area (Å²) in [4.78, 5) is 12.6. The Hall–Kier alpha value is -14.1. The van der Waals surface area contributed by atoms with Crippen molar-refractivity contribution in [2.24, 2.45) is 23.7 Å². The molecule has 0 unspecified atom stereocenters. The van der Waals surface area contributed by atoms with E-state index in [2.05, 4.69) is 383 Å². The maximum atomic E-state index is 9.52. The van der Waals surface area contributed by atoms with Crippen LogP contribution in [0.15, 0.2) is 466 Å². The number of hydrogen-bond donors (Lipinski definition) is 2. The third-order valence-electron chi connectivity index (χ3n) is 29.3. The molecule has 7 aliphatic rings. The molecular weight excluding hydrogens is 1930 g/mol. The van der Waals surface area contributed by atoms with Gasteiger partial charge in [0.05, 0.1) is 0 Å². The molecule has 0 radical (unpaired) electrons. The van der Waals surface area contributed by atoms with Gasteiger partial charge in [0, 0.05) is 134 Å². The van der Waals surface area contributed by atoms with E-state index in [0.717, 1.165) is 69.7 Å². The van der Waals surface area contributed by atoms with Crippen molar-refractivity contribution >= 4 is 144 Å². The number of phenolic OH excluding ortho intramolecular Hbond substituents is 2. The van der Waals surface area contributed by atoms with Gasteiger partial charge in [-0.3, -0.25) is 0 Å². The predicted octanol–water partition coefficient (Wildman–Crippen LogP) is 39.2. The van der Waals surface area contributed by atoms with Crippen molar-refractivity contribution in [3.8, 4) is 77.1 Å². The Morgan fingerprint density at radius 2 is 0.466 bits per heavy atom. The highest BCUT2D eigenvalue weighted by Crippen LogP contribution is 2.61. The summed E-state index contributed by atoms with van der Waals surface area (Å²) in [7, 11) is -0.506. The third kappa shape index (κ3) is 20.0. The van der Waals surface area contributed by atoms with E-state index in [1.807, 2.05) is 84.9 Å². The van der Waals surface area contributed by atoms with Crippen LogP contribution < -0.4 is 28.4 Å². The van der Waals surface area contributed by atoms with Gasteiger partial charge in [-0.25, -0.2) is 0 Å². The lowest BCUT2D eigenvalue weighted by atomic mass is 9.50. The number of fused-ring (bicyclic) bond motifs is 16. The van der Waals surface area contributed by atoms with Crippen molar-refractivity contribution in [1.29, 1.82) is 0 Å². The summed E-state index contributed by atoms with van der Waals surface area (Å²) in [5, 5.41) is 30.0. The van der Waals surface area contributed by atoms with E-state index in [9.17, 15) is 10.2 Å². The molecule has 5 fully saturated rings. The number of rotatable bonds is 12. The van der Waals surface area contributed by atoms with Gasteiger partial charge in [-0.1, -0.05) is 152 Å². The van der Waals surface area contributed by atoms with Crippen LogP contribution in [-0.2, 0) is 21.8 Å². The monoisotopic (exact) mass is 2050 g/mol. The van der Waals surface area contributed by atoms with Crippen LogP contribution >= 0.6 is 41.9 Å². The molecular formula is C134H122O8S6+6. The number of thiophene rings is 4. The first kappa shape index (κ1) is 97.3. The first-order valence-electron chi connectivity index (χ1n) is 51.8. The minimum atomic E-state index is -0.202. The van der Waals surface area contributed by atoms with Crippen molar-refractivity contribution < 1.29 is 38.6 Å². The van der Waals surface area contributed by atoms with Gasteiger partial charge in [-0.2, -0.15) is 0 Å². The molecule has 22 aromatic rings. The van der Waals surface area contributed by atoms with E-state index in [1.165, 1.54) is 194 Å². The molecule has 0 amide bonds. The normalized spacial score (nSPS) is 17.2. The molecule has 6 heterocycles. The van der Waals surface area contributed by atoms with Crippen LogP contribution in [0.1, 0.15) is 120 Å². The van der Waals surface area contributed by atoms with Crippen molar-refractivity contribution in [1.82, 2.24) is 0 Å². The topological polar surface area (TPSA) is 95.8 Å². The summed E-state index contributed by atoms with van der Waals surface area (Å²) in [6.45, 7) is 17.1. The van der Waals surface area contributed by atoms with Gasteiger partial charge < -0.3 is 38.6 Å². The zero-order valence-electron chi connectivity index (χ0n) is 84.7. The lowest BCUT2D eigenvalue weighted by Gasteiger charge is -2.59. The van der Waals surface area contributed by atoms with Crippen LogP contribution in [0.25, 0.3) is 100 Å². The maximum Gasteiger partial charge on any atom is 0.209 e. The number of phenols is 2. The van der Waals surface area contributed by atoms with Crippen LogP contribution in [-0.4, -0.2) is 32.6 Å². The molecule has 29 rings (SSSR count). The van der Waals surface area contributed by atoms with Crippen molar-refractivity contribution in [2.75, 3.05) is 0 Å². The maximum absolute atomic E-state index is 9.52. The second-order valence-corrected chi connectivity index (χ2v) is 53.6. The predicted molar refractivity (Wildman–Crippen MR) is 626 cm³/mol. The number of aromatic hydroxyl groups is 2. The van der Waals surface area contributed by atoms with E-state index in [-0.39, 0.29) is 91.8 Å². The minimum absolute atomic E-state index is 0.00854. The number of hydrogen-bond acceptors (Lipinski definition) is 8. The summed E-state index contributed by atoms with van der Waals surface area (Å²) in [6, 6.07) is 153. The second-order valence-electron chi connectivity index (χ2n) is 41.8. The quantitative estimate of drug-likeness (QED) is 0.117. The fraction of sp³-hybridized carbons (Fsp3) is 0.194. The van der Waals surface area contributed by atoms with Gasteiger partial charge in [0.2, 0.25) is 19.6 Å². The Labute approximate surface area is 884 Å². The zero-order chi connectivity index (χ0) is 101. The average Bonchev–Trinajstić information content (AvgIpc) is 1.22. The third-order valence-corrected chi connectivity index (χ3v) is 43.3. The van der Waals surface area contributed by atoms with Gasteiger partial charge in [0.1, 0.15) is 78.7 Å². The average molecular weight is 2050 g/mol. The molecule has 5 aliphatic carbocycles. The fourth-order valence-electron chi connectivity index (χ4n) is 22.9. The number of para-hydroxylation sites is 4. The van der Waals surface area contributed by atoms with Crippen LogP contribution in [0.2, 0.25) is 0 Å². The molecule has 4 bridgehead atoms. The highest BCUT2D eigenvalue weighted by Gasteiger charge is 2.57. The Kier molecular flexibility index (Phi) is 27.3. The Balaban J connectivity index is 0.0000000982. The lowest BCUT2D eigenvalue weighted by molar-refractivity contribution is -0.145. The van der Waals surface area contributed by atoms with E-state index in [1.54, 1.807) is 24.3 Å². The molecule has 0 saturated heterocycles. The standard InChI is InChI=1S/C29H29OS.C25H25OS.C22H21O2S.C22H21OS.C18H12O2S.C18H12OS/c1-29(21-15-19-14-20(17-21)18-22(29)16-19)30-23-10-12-24(13-11-23)31-27-8-4-2-6-25(27)26-7-3-5-9-28(26)31;1-25(17-7-2-8-18-25)26-19-13-15-20(16-14-19)27-23-11-5-3-9-21(23)22-10-4-6-12-24(22)27;1-22(2,3)24-16-12-14-17(15-13-16)25-20-10-6-4-8-18(20)23-19-9-5-7-11-21(19)25;1-22(2,3)23-16-12-14-17(15-13-16)24-20-10-6-4-8-18(20)19-9-5-7-11-21(19)24;19-13-9-11-14(12-10-13)21-17-7-3-1-5-15(17)20-16-6-2-4-8-18(16)21;19-13-9-11-14(12-10-13)20-17-7-3-1-5-15(17)16-6-2-4-8-18(16)20/h2-13,19-22H,14-18H2,1H3;3-6,9-16H,2,7-8,17-18H2,1H3;4-15H,1-3H3;4-15H,1-3H3;1-12H;1-12H/q4*+1;;/p+2. The molecule has 14 heteroatoms. The van der Waals surface area contributed by atoms with Crippen molar-refractivity contribution in [3.05, 3.63) is 437 Å². The Bertz CT molecular complexity index is 8200. The first-order chi connectivity index (χ1) is 72.1. The van der Waals surface area contributed by atoms with Crippen LogP contribution in [0.4, 0.5) is 0 Å². The highest BCUT2D eigenvalue weighted by atomic mass is 32.2. The van der Waals surface area contributed by atoms with Crippen LogP contribution in [0.3, 0.4) is 0 Å². The van der Waals surface area contributed by atoms with Crippen LogP contribution in [0.5, 0.6) is 57.5 Å². The Morgan fingerprint density at radius 3 is 0.736 bits per heavy atom. The first-order valence-corrected chi connectivity index (χ1v) is 59.1. The molecule has 5 saturated carbocycles. The molecule has 18 aromatic carbocycles. The van der Waals surface area contributed by atoms with Gasteiger partial charge >= 0.3 is 0 Å². The second kappa shape index (κ2) is 41.6. The molecule has 4 aromatic heterocycles. The van der Waals surface area contributed by atoms with E-state index >= 15 is 0 Å². The summed E-state index contributed by atoms with van der Waals surface area (Å²) < 4.78 is 48.6. The SMILES string of the molecule is CC(C)(C)Oc1ccc(-[s+]2c3ccccc3c3ccccc32)cc1.CC(C)(C)Oc1ccc([S+]2c3ccccc3Oc3ccccc32)cc1.CC1(Oc2ccc(-[s+]3c4ccccc4c4ccccc43)cc2)C2CC3CC(C2)CC1C3.CC1(Oc2ccc(-[s+]3c4ccccc4c4ccccc43)cc2)CCCCC1.Oc1ccc(-[s+]2c3ccccc3c3ccccc32)cc1.Oc1ccc([S+]2c3ccccc3Oc3ccccc32)cc1. The summed E-state index contributed by atoms with van der Waals surface area (Å²) >= 11 is 0. The molecule has 2 aliphatic heterocycles. The number of benzene rings is 18. The van der Waals surface area contributed by atoms with Crippen molar-refractivity contribution in [2.45, 2.75) is 171 Å². The molecule has 736 valence electrons. The molecule has 0 spiro atoms. The smallest absolute Gasteiger partial charge is 0.209 e. The highest BCUT2D eigenvalue weighted by molar-refractivity contribution is 7.97. The molecule has 148 heavy (non-hydrogen) atoms. The Morgan fingerprint density at radius 1 is 0.243 bits per heavy atom. The van der Waals surface area contributed by atoms with Gasteiger partial charge in [0.15, 0.2) is 90.0 Å². The molecule has 2 N–H and O–H groups in total. The van der Waals surface area contributed by atoms with Gasteiger partial charge in [-0.15, -0.1) is 0 Å². The van der Waals surface area contributed by atoms with Gasteiger partial charge in [0.25, 0.3) is 0 Å². The summed E-state index contributed by atoms with van der Waals surface area (Å²) in [5.41, 5.74) is -0.323. The van der Waals surface area contributed by atoms with Gasteiger partial charge in [-0.05, 0) is 380 Å².